The van der Waals surface area contributed by atoms with Crippen molar-refractivity contribution in [2.24, 2.45) is 0 Å². The molecule has 0 fully saturated rings. The molecule has 18 heavy (non-hydrogen) atoms. The number of rotatable bonds is 3. The first-order valence-corrected chi connectivity index (χ1v) is 4.80. The van der Waals surface area contributed by atoms with Gasteiger partial charge in [-0.3, -0.25) is 0 Å². The Morgan fingerprint density at radius 3 is 2.72 bits per heavy atom. The lowest BCUT2D eigenvalue weighted by Gasteiger charge is -2.05. The minimum atomic E-state index is -1.29. The van der Waals surface area contributed by atoms with Crippen molar-refractivity contribution in [2.45, 2.75) is 0 Å². The number of aromatic nitrogens is 1. The summed E-state index contributed by atoms with van der Waals surface area (Å²) in [6.07, 6.45) is 0. The van der Waals surface area contributed by atoms with Crippen LogP contribution in [0.3, 0.4) is 0 Å². The van der Waals surface area contributed by atoms with Gasteiger partial charge in [-0.2, -0.15) is 0 Å². The van der Waals surface area contributed by atoms with E-state index in [-0.39, 0.29) is 28.5 Å². The summed E-state index contributed by atoms with van der Waals surface area (Å²) in [6.45, 7) is 0. The number of phenolic OH excluding ortho intramolecular Hbond substituents is 1. The topological polar surface area (TPSA) is 92.8 Å². The highest BCUT2D eigenvalue weighted by molar-refractivity contribution is 5.86. The Bertz CT molecular complexity index is 607. The van der Waals surface area contributed by atoms with E-state index in [4.69, 9.17) is 14.4 Å². The van der Waals surface area contributed by atoms with E-state index in [0.717, 1.165) is 18.2 Å². The SMILES string of the molecule is COc1cc(F)c(-c2cc(C(=O)O)no2)cc1O. The molecule has 0 aliphatic heterocycles. The summed E-state index contributed by atoms with van der Waals surface area (Å²) >= 11 is 0. The van der Waals surface area contributed by atoms with Gasteiger partial charge in [-0.25, -0.2) is 9.18 Å². The van der Waals surface area contributed by atoms with Crippen LogP contribution in [0.2, 0.25) is 0 Å². The van der Waals surface area contributed by atoms with Crippen molar-refractivity contribution in [1.29, 1.82) is 0 Å². The Morgan fingerprint density at radius 1 is 1.44 bits per heavy atom. The third-order valence-electron chi connectivity index (χ3n) is 2.26. The zero-order valence-electron chi connectivity index (χ0n) is 9.18. The Kier molecular flexibility index (Phi) is 2.88. The molecule has 0 spiro atoms. The molecule has 94 valence electrons. The molecule has 7 heteroatoms. The molecular weight excluding hydrogens is 245 g/mol. The largest absolute Gasteiger partial charge is 0.504 e. The quantitative estimate of drug-likeness (QED) is 0.867. The molecule has 2 N–H and O–H groups in total. The van der Waals surface area contributed by atoms with Crippen LogP contribution in [0.25, 0.3) is 11.3 Å². The molecule has 2 rings (SSSR count). The molecule has 0 bridgehead atoms. The van der Waals surface area contributed by atoms with Gasteiger partial charge in [0.15, 0.2) is 23.0 Å². The van der Waals surface area contributed by atoms with Gasteiger partial charge in [-0.05, 0) is 6.07 Å². The second-order valence-corrected chi connectivity index (χ2v) is 3.39. The fraction of sp³-hybridized carbons (Fsp3) is 0.0909. The van der Waals surface area contributed by atoms with Crippen LogP contribution in [0, 0.1) is 5.82 Å². The van der Waals surface area contributed by atoms with Crippen molar-refractivity contribution in [2.75, 3.05) is 7.11 Å². The highest BCUT2D eigenvalue weighted by Crippen LogP contribution is 2.34. The Labute approximate surface area is 100 Å². The maximum Gasteiger partial charge on any atom is 0.358 e. The van der Waals surface area contributed by atoms with E-state index in [9.17, 15) is 14.3 Å². The van der Waals surface area contributed by atoms with Gasteiger partial charge < -0.3 is 19.5 Å². The molecule has 0 radical (unpaired) electrons. The molecule has 0 amide bonds. The first-order valence-electron chi connectivity index (χ1n) is 4.80. The molecule has 2 aromatic rings. The maximum atomic E-state index is 13.7. The van der Waals surface area contributed by atoms with Crippen LogP contribution in [-0.4, -0.2) is 28.4 Å². The van der Waals surface area contributed by atoms with Crippen molar-refractivity contribution in [3.63, 3.8) is 0 Å². The minimum absolute atomic E-state index is 0.0331. The average molecular weight is 253 g/mol. The zero-order valence-corrected chi connectivity index (χ0v) is 9.18. The van der Waals surface area contributed by atoms with Gasteiger partial charge in [0.2, 0.25) is 0 Å². The molecule has 0 saturated heterocycles. The van der Waals surface area contributed by atoms with Crippen LogP contribution < -0.4 is 4.74 Å². The fourth-order valence-corrected chi connectivity index (χ4v) is 1.40. The molecule has 1 aromatic carbocycles. The summed E-state index contributed by atoms with van der Waals surface area (Å²) < 4.78 is 23.1. The third-order valence-corrected chi connectivity index (χ3v) is 2.26. The first-order chi connectivity index (χ1) is 8.52. The number of phenols is 1. The number of benzene rings is 1. The summed E-state index contributed by atoms with van der Waals surface area (Å²) in [5.74, 6) is -2.43. The van der Waals surface area contributed by atoms with Crippen LogP contribution in [0.1, 0.15) is 10.5 Å². The average Bonchev–Trinajstić information content (AvgIpc) is 2.81. The van der Waals surface area contributed by atoms with Crippen LogP contribution in [0.4, 0.5) is 4.39 Å². The van der Waals surface area contributed by atoms with Crippen LogP contribution >= 0.6 is 0 Å². The lowest BCUT2D eigenvalue weighted by Crippen LogP contribution is -1.94. The van der Waals surface area contributed by atoms with Crippen molar-refractivity contribution in [1.82, 2.24) is 5.16 Å². The summed E-state index contributed by atoms with van der Waals surface area (Å²) in [5.41, 5.74) is -0.451. The summed E-state index contributed by atoms with van der Waals surface area (Å²) in [5, 5.41) is 21.4. The normalized spacial score (nSPS) is 10.3. The number of hydrogen-bond acceptors (Lipinski definition) is 5. The monoisotopic (exact) mass is 253 g/mol. The fourth-order valence-electron chi connectivity index (χ4n) is 1.40. The highest BCUT2D eigenvalue weighted by Gasteiger charge is 2.17. The number of aromatic hydroxyl groups is 1. The van der Waals surface area contributed by atoms with Gasteiger partial charge in [0.25, 0.3) is 0 Å². The molecule has 0 saturated carbocycles. The van der Waals surface area contributed by atoms with Crippen molar-refractivity contribution < 1.29 is 28.7 Å². The third kappa shape index (κ3) is 1.97. The van der Waals surface area contributed by atoms with Crippen LogP contribution in [0.15, 0.2) is 22.7 Å². The number of nitrogens with zero attached hydrogens (tertiary/aromatic N) is 1. The summed E-state index contributed by atoms with van der Waals surface area (Å²) in [6, 6.07) is 3.10. The maximum absolute atomic E-state index is 13.7. The van der Waals surface area contributed by atoms with Crippen molar-refractivity contribution in [3.05, 3.63) is 29.7 Å². The van der Waals surface area contributed by atoms with E-state index >= 15 is 0 Å². The van der Waals surface area contributed by atoms with E-state index in [1.54, 1.807) is 0 Å². The molecular formula is C11H8FNO5. The molecule has 0 aliphatic carbocycles. The van der Waals surface area contributed by atoms with Gasteiger partial charge >= 0.3 is 5.97 Å². The number of carbonyl (C=O) groups is 1. The Morgan fingerprint density at radius 2 is 2.17 bits per heavy atom. The van der Waals surface area contributed by atoms with E-state index in [0.29, 0.717) is 0 Å². The van der Waals surface area contributed by atoms with Gasteiger partial charge in [-0.1, -0.05) is 5.16 Å². The summed E-state index contributed by atoms with van der Waals surface area (Å²) in [4.78, 5) is 10.6. The smallest absolute Gasteiger partial charge is 0.358 e. The molecule has 0 unspecified atom stereocenters. The summed E-state index contributed by atoms with van der Waals surface area (Å²) in [7, 11) is 1.28. The van der Waals surface area contributed by atoms with E-state index in [2.05, 4.69) is 5.16 Å². The number of ether oxygens (including phenoxy) is 1. The predicted octanol–water partition coefficient (Wildman–Crippen LogP) is 1.89. The van der Waals surface area contributed by atoms with Gasteiger partial charge in [0, 0.05) is 12.1 Å². The predicted molar refractivity (Wildman–Crippen MR) is 57.1 cm³/mol. The standard InChI is InChI=1S/C11H8FNO5/c1-17-10-3-6(12)5(2-8(10)14)9-4-7(11(15)16)13-18-9/h2-4,14H,1H3,(H,15,16). The van der Waals surface area contributed by atoms with Gasteiger partial charge in [-0.15, -0.1) is 0 Å². The molecule has 0 atom stereocenters. The van der Waals surface area contributed by atoms with Crippen molar-refractivity contribution in [3.8, 4) is 22.8 Å². The Balaban J connectivity index is 2.50. The van der Waals surface area contributed by atoms with E-state index in [1.807, 2.05) is 0 Å². The Hall–Kier alpha value is -2.57. The number of aromatic carboxylic acids is 1. The number of methoxy groups -OCH3 is 1. The second-order valence-electron chi connectivity index (χ2n) is 3.39. The highest BCUT2D eigenvalue weighted by atomic mass is 19.1. The number of carboxylic acid groups (broad SMARTS) is 1. The minimum Gasteiger partial charge on any atom is -0.504 e. The van der Waals surface area contributed by atoms with Crippen LogP contribution in [-0.2, 0) is 0 Å². The van der Waals surface area contributed by atoms with E-state index in [1.165, 1.54) is 7.11 Å². The zero-order chi connectivity index (χ0) is 13.3. The number of hydrogen-bond donors (Lipinski definition) is 2. The van der Waals surface area contributed by atoms with E-state index < -0.39 is 11.8 Å². The second kappa shape index (κ2) is 4.36. The lowest BCUT2D eigenvalue weighted by atomic mass is 10.1. The number of halogens is 1. The van der Waals surface area contributed by atoms with Gasteiger partial charge in [0.1, 0.15) is 5.82 Å². The molecule has 6 nitrogen and oxygen atoms in total. The first kappa shape index (κ1) is 11.9. The van der Waals surface area contributed by atoms with Crippen molar-refractivity contribution >= 4 is 5.97 Å². The lowest BCUT2D eigenvalue weighted by molar-refractivity contribution is 0.0686. The van der Waals surface area contributed by atoms with Gasteiger partial charge in [0.05, 0.1) is 12.7 Å². The molecule has 1 heterocycles. The molecule has 1 aromatic heterocycles. The number of carboxylic acids is 1. The molecule has 0 aliphatic rings. The van der Waals surface area contributed by atoms with Crippen LogP contribution in [0.5, 0.6) is 11.5 Å².